The molecule has 4 heterocycles. The predicted octanol–water partition coefficient (Wildman–Crippen LogP) is 4.83. The molecule has 0 aromatic carbocycles. The van der Waals surface area contributed by atoms with E-state index in [1.165, 1.54) is 0 Å². The Kier molecular flexibility index (Phi) is 6.52. The molecule has 32 heavy (non-hydrogen) atoms. The molecule has 0 saturated carbocycles. The van der Waals surface area contributed by atoms with Gasteiger partial charge in [0.1, 0.15) is 5.60 Å². The fraction of sp³-hybridized carbons (Fsp3) is 0.455. The molecule has 1 saturated heterocycles. The quantitative estimate of drug-likeness (QED) is 0.514. The van der Waals surface area contributed by atoms with E-state index in [0.29, 0.717) is 42.2 Å². The number of aromatic amines is 1. The molecule has 0 spiro atoms. The highest BCUT2D eigenvalue weighted by Gasteiger charge is 2.28. The van der Waals surface area contributed by atoms with Crippen LogP contribution in [0.1, 0.15) is 44.0 Å². The summed E-state index contributed by atoms with van der Waals surface area (Å²) in [4.78, 5) is 40.1. The van der Waals surface area contributed by atoms with Crippen molar-refractivity contribution in [1.82, 2.24) is 25.2 Å². The van der Waals surface area contributed by atoms with Crippen molar-refractivity contribution in [3.63, 3.8) is 0 Å². The summed E-state index contributed by atoms with van der Waals surface area (Å²) in [5.41, 5.74) is 1.10. The van der Waals surface area contributed by atoms with Gasteiger partial charge in [-0.1, -0.05) is 0 Å². The number of likely N-dealkylation sites (tertiary alicyclic amines) is 1. The summed E-state index contributed by atoms with van der Waals surface area (Å²) in [7, 11) is 0. The Hall–Kier alpha value is -2.46. The maximum Gasteiger partial charge on any atom is 0.410 e. The summed E-state index contributed by atoms with van der Waals surface area (Å²) in [6.45, 7) is 7.32. The number of hydrogen-bond acceptors (Lipinski definition) is 6. The first-order valence-electron chi connectivity index (χ1n) is 10.6. The molecular formula is C22H26BrN5O3S. The number of rotatable bonds is 4. The third kappa shape index (κ3) is 5.29. The van der Waals surface area contributed by atoms with Crippen LogP contribution in [-0.4, -0.2) is 57.1 Å². The molecule has 3 aromatic heterocycles. The van der Waals surface area contributed by atoms with Crippen LogP contribution in [0.3, 0.4) is 0 Å². The standard InChI is InChI=1S/C22H26BrN5O3S/c1-22(2,3)31-21(30)28-10-4-5-13(12-28)11-25-20(29)14-8-9-24-19-17(14)26-18(27-19)15-6-7-16(23)32-15/h6-9,13H,4-5,10-12H2,1-3H3,(H,25,29)(H,24,26,27). The number of hydrogen-bond donors (Lipinski definition) is 2. The lowest BCUT2D eigenvalue weighted by Gasteiger charge is -2.34. The van der Waals surface area contributed by atoms with E-state index in [1.54, 1.807) is 28.5 Å². The summed E-state index contributed by atoms with van der Waals surface area (Å²) >= 11 is 5.02. The number of nitrogens with zero attached hydrogens (tertiary/aromatic N) is 3. The summed E-state index contributed by atoms with van der Waals surface area (Å²) in [5.74, 6) is 0.677. The second kappa shape index (κ2) is 9.19. The molecule has 4 rings (SSSR count). The van der Waals surface area contributed by atoms with Crippen molar-refractivity contribution in [2.75, 3.05) is 19.6 Å². The second-order valence-corrected chi connectivity index (χ2v) is 11.4. The minimum absolute atomic E-state index is 0.179. The molecule has 2 amide bonds. The van der Waals surface area contributed by atoms with Crippen molar-refractivity contribution in [2.45, 2.75) is 39.2 Å². The number of imidazole rings is 1. The van der Waals surface area contributed by atoms with Crippen LogP contribution in [-0.2, 0) is 4.74 Å². The summed E-state index contributed by atoms with van der Waals surface area (Å²) in [5, 5.41) is 3.02. The zero-order valence-corrected chi connectivity index (χ0v) is 20.7. The van der Waals surface area contributed by atoms with Crippen molar-refractivity contribution in [3.8, 4) is 10.7 Å². The lowest BCUT2D eigenvalue weighted by molar-refractivity contribution is 0.0167. The van der Waals surface area contributed by atoms with Crippen LogP contribution in [0, 0.1) is 5.92 Å². The highest BCUT2D eigenvalue weighted by Crippen LogP contribution is 2.31. The van der Waals surface area contributed by atoms with Crippen LogP contribution in [0.25, 0.3) is 21.9 Å². The monoisotopic (exact) mass is 519 g/mol. The molecule has 1 aliphatic heterocycles. The average Bonchev–Trinajstić information content (AvgIpc) is 3.36. The van der Waals surface area contributed by atoms with Gasteiger partial charge >= 0.3 is 6.09 Å². The van der Waals surface area contributed by atoms with Gasteiger partial charge in [-0.15, -0.1) is 11.3 Å². The van der Waals surface area contributed by atoms with Crippen molar-refractivity contribution in [1.29, 1.82) is 0 Å². The number of carbonyl (C=O) groups excluding carboxylic acids is 2. The Balaban J connectivity index is 1.42. The number of carbonyl (C=O) groups is 2. The van der Waals surface area contributed by atoms with Gasteiger partial charge in [-0.05, 0) is 73.7 Å². The molecule has 1 fully saturated rings. The zero-order valence-electron chi connectivity index (χ0n) is 18.3. The number of ether oxygens (including phenoxy) is 1. The average molecular weight is 520 g/mol. The molecule has 1 unspecified atom stereocenters. The molecule has 0 aliphatic carbocycles. The van der Waals surface area contributed by atoms with Gasteiger partial charge in [0.15, 0.2) is 11.5 Å². The minimum Gasteiger partial charge on any atom is -0.444 e. The van der Waals surface area contributed by atoms with E-state index in [0.717, 1.165) is 21.5 Å². The number of pyridine rings is 1. The number of nitrogens with one attached hydrogen (secondary N) is 2. The molecule has 170 valence electrons. The van der Waals surface area contributed by atoms with Crippen LogP contribution >= 0.6 is 27.3 Å². The lowest BCUT2D eigenvalue weighted by Crippen LogP contribution is -2.45. The van der Waals surface area contributed by atoms with Crippen molar-refractivity contribution >= 4 is 50.4 Å². The van der Waals surface area contributed by atoms with E-state index in [2.05, 4.69) is 36.2 Å². The number of thiophene rings is 1. The fourth-order valence-electron chi connectivity index (χ4n) is 3.71. The number of aromatic nitrogens is 3. The van der Waals surface area contributed by atoms with E-state index in [4.69, 9.17) is 4.74 Å². The molecule has 0 radical (unpaired) electrons. The van der Waals surface area contributed by atoms with E-state index in [-0.39, 0.29) is 17.9 Å². The number of H-pyrrole nitrogens is 1. The molecule has 0 bridgehead atoms. The molecule has 2 N–H and O–H groups in total. The highest BCUT2D eigenvalue weighted by molar-refractivity contribution is 9.11. The van der Waals surface area contributed by atoms with Gasteiger partial charge in [-0.25, -0.2) is 14.8 Å². The summed E-state index contributed by atoms with van der Waals surface area (Å²) in [6, 6.07) is 5.61. The van der Waals surface area contributed by atoms with Crippen LogP contribution in [0.15, 0.2) is 28.2 Å². The predicted molar refractivity (Wildman–Crippen MR) is 128 cm³/mol. The summed E-state index contributed by atoms with van der Waals surface area (Å²) < 4.78 is 6.49. The van der Waals surface area contributed by atoms with E-state index in [1.807, 2.05) is 32.9 Å². The van der Waals surface area contributed by atoms with Crippen LogP contribution in [0.4, 0.5) is 4.79 Å². The Morgan fingerprint density at radius 2 is 2.16 bits per heavy atom. The maximum atomic E-state index is 13.0. The fourth-order valence-corrected chi connectivity index (χ4v) is 5.05. The minimum atomic E-state index is -0.521. The van der Waals surface area contributed by atoms with E-state index in [9.17, 15) is 9.59 Å². The van der Waals surface area contributed by atoms with Crippen molar-refractivity contribution < 1.29 is 14.3 Å². The van der Waals surface area contributed by atoms with Crippen molar-refractivity contribution in [2.24, 2.45) is 5.92 Å². The molecule has 8 nitrogen and oxygen atoms in total. The third-order valence-electron chi connectivity index (χ3n) is 5.17. The number of amides is 2. The number of halogens is 1. The zero-order chi connectivity index (χ0) is 22.9. The Bertz CT molecular complexity index is 1140. The van der Waals surface area contributed by atoms with Gasteiger partial charge in [-0.2, -0.15) is 0 Å². The smallest absolute Gasteiger partial charge is 0.410 e. The van der Waals surface area contributed by atoms with Crippen LogP contribution in [0.5, 0.6) is 0 Å². The Labute approximate surface area is 198 Å². The number of fused-ring (bicyclic) bond motifs is 1. The maximum absolute atomic E-state index is 13.0. The largest absolute Gasteiger partial charge is 0.444 e. The van der Waals surface area contributed by atoms with Crippen LogP contribution in [0.2, 0.25) is 0 Å². The Morgan fingerprint density at radius 3 is 2.88 bits per heavy atom. The molecule has 3 aromatic rings. The first-order valence-corrected chi connectivity index (χ1v) is 12.2. The van der Waals surface area contributed by atoms with Crippen molar-refractivity contribution in [3.05, 3.63) is 33.7 Å². The van der Waals surface area contributed by atoms with Gasteiger partial charge in [0, 0.05) is 25.8 Å². The van der Waals surface area contributed by atoms with E-state index >= 15 is 0 Å². The number of piperidine rings is 1. The molecule has 1 atom stereocenters. The Morgan fingerprint density at radius 1 is 1.34 bits per heavy atom. The lowest BCUT2D eigenvalue weighted by atomic mass is 9.98. The van der Waals surface area contributed by atoms with E-state index < -0.39 is 5.60 Å². The van der Waals surface area contributed by atoms with Gasteiger partial charge in [0.2, 0.25) is 0 Å². The summed E-state index contributed by atoms with van der Waals surface area (Å²) in [6.07, 6.45) is 3.14. The van der Waals surface area contributed by atoms with Crippen LogP contribution < -0.4 is 5.32 Å². The topological polar surface area (TPSA) is 100 Å². The second-order valence-electron chi connectivity index (χ2n) is 8.89. The first kappa shape index (κ1) is 22.7. The normalized spacial score (nSPS) is 16.9. The third-order valence-corrected chi connectivity index (χ3v) is 6.80. The van der Waals surface area contributed by atoms with Gasteiger partial charge in [-0.3, -0.25) is 4.79 Å². The van der Waals surface area contributed by atoms with Gasteiger partial charge in [0.25, 0.3) is 5.91 Å². The van der Waals surface area contributed by atoms with Gasteiger partial charge in [0.05, 0.1) is 19.7 Å². The molecule has 1 aliphatic rings. The highest BCUT2D eigenvalue weighted by atomic mass is 79.9. The SMILES string of the molecule is CC(C)(C)OC(=O)N1CCCC(CNC(=O)c2ccnc3nc(-c4ccc(Br)s4)[nH]c23)C1. The van der Waals surface area contributed by atoms with Gasteiger partial charge < -0.3 is 19.9 Å². The first-order chi connectivity index (χ1) is 15.2. The molecular weight excluding hydrogens is 494 g/mol. The molecule has 10 heteroatoms.